The van der Waals surface area contributed by atoms with Gasteiger partial charge in [-0.25, -0.2) is 0 Å². The number of methoxy groups -OCH3 is 1. The van der Waals surface area contributed by atoms with E-state index >= 15 is 0 Å². The number of hydrogen-bond acceptors (Lipinski definition) is 4. The van der Waals surface area contributed by atoms with Gasteiger partial charge in [-0.1, -0.05) is 6.07 Å². The molecule has 2 amide bonds. The summed E-state index contributed by atoms with van der Waals surface area (Å²) >= 11 is 1.52. The first-order valence-electron chi connectivity index (χ1n) is 6.15. The summed E-state index contributed by atoms with van der Waals surface area (Å²) in [6.45, 7) is 0. The summed E-state index contributed by atoms with van der Waals surface area (Å²) in [4.78, 5) is 24.3. The van der Waals surface area contributed by atoms with Crippen molar-refractivity contribution in [1.29, 1.82) is 0 Å². The molecule has 0 aliphatic rings. The number of carbonyl (C=O) groups excluding carboxylic acids is 2. The summed E-state index contributed by atoms with van der Waals surface area (Å²) in [5.41, 5.74) is 5.09. The van der Waals surface area contributed by atoms with Crippen molar-refractivity contribution in [2.24, 2.45) is 0 Å². The number of carbonyl (C=O) groups is 2. The zero-order valence-electron chi connectivity index (χ0n) is 11.3. The molecule has 2 N–H and O–H groups in total. The Morgan fingerprint density at radius 2 is 1.90 bits per heavy atom. The fourth-order valence-electron chi connectivity index (χ4n) is 1.52. The molecule has 1 aromatic carbocycles. The van der Waals surface area contributed by atoms with Crippen molar-refractivity contribution >= 4 is 29.2 Å². The van der Waals surface area contributed by atoms with Gasteiger partial charge in [0.15, 0.2) is 0 Å². The summed E-state index contributed by atoms with van der Waals surface area (Å²) in [6, 6.07) is 10.4. The third-order valence-electron chi connectivity index (χ3n) is 2.59. The predicted octanol–water partition coefficient (Wildman–Crippen LogP) is 2.23. The number of nitrogens with one attached hydrogen (secondary N) is 2. The SMILES string of the molecule is COc1ccc(C(=O)NNC(=O)C=Cc2cccs2)cc1. The van der Waals surface area contributed by atoms with Gasteiger partial charge >= 0.3 is 0 Å². The molecule has 2 rings (SSSR count). The van der Waals surface area contributed by atoms with Crippen LogP contribution in [-0.2, 0) is 4.79 Å². The Kier molecular flexibility index (Phi) is 5.11. The maximum absolute atomic E-state index is 11.8. The lowest BCUT2D eigenvalue weighted by molar-refractivity contribution is -0.117. The van der Waals surface area contributed by atoms with Crippen LogP contribution in [0.3, 0.4) is 0 Å². The molecule has 0 radical (unpaired) electrons. The van der Waals surface area contributed by atoms with Crippen molar-refractivity contribution in [2.75, 3.05) is 7.11 Å². The zero-order valence-corrected chi connectivity index (χ0v) is 12.1. The van der Waals surface area contributed by atoms with E-state index < -0.39 is 11.8 Å². The lowest BCUT2D eigenvalue weighted by atomic mass is 10.2. The minimum atomic E-state index is -0.398. The standard InChI is InChI=1S/C15H14N2O3S/c1-20-12-6-4-11(5-7-12)15(19)17-16-14(18)9-8-13-3-2-10-21-13/h2-10H,1H3,(H,16,18)(H,17,19). The summed E-state index contributed by atoms with van der Waals surface area (Å²) in [6.07, 6.45) is 3.04. The smallest absolute Gasteiger partial charge is 0.269 e. The maximum Gasteiger partial charge on any atom is 0.269 e. The molecular formula is C15H14N2O3S. The van der Waals surface area contributed by atoms with Crippen LogP contribution in [0, 0.1) is 0 Å². The van der Waals surface area contributed by atoms with Crippen molar-refractivity contribution in [3.05, 3.63) is 58.3 Å². The Bertz CT molecular complexity index is 633. The summed E-state index contributed by atoms with van der Waals surface area (Å²) < 4.78 is 5.00. The highest BCUT2D eigenvalue weighted by Gasteiger charge is 2.05. The Hall–Kier alpha value is -2.60. The third kappa shape index (κ3) is 4.47. The molecule has 0 bridgehead atoms. The number of rotatable bonds is 4. The second-order valence-electron chi connectivity index (χ2n) is 4.02. The molecule has 0 unspecified atom stereocenters. The fraction of sp³-hybridized carbons (Fsp3) is 0.0667. The summed E-state index contributed by atoms with van der Waals surface area (Å²) in [5.74, 6) is -0.129. The van der Waals surface area contributed by atoms with Gasteiger partial charge in [0.25, 0.3) is 11.8 Å². The molecule has 1 aromatic heterocycles. The lowest BCUT2D eigenvalue weighted by Crippen LogP contribution is -2.40. The van der Waals surface area contributed by atoms with Crippen LogP contribution in [0.15, 0.2) is 47.9 Å². The van der Waals surface area contributed by atoms with Crippen LogP contribution < -0.4 is 15.6 Å². The van der Waals surface area contributed by atoms with Gasteiger partial charge in [-0.15, -0.1) is 11.3 Å². The van der Waals surface area contributed by atoms with E-state index in [0.717, 1.165) is 4.88 Å². The Morgan fingerprint density at radius 3 is 2.52 bits per heavy atom. The van der Waals surface area contributed by atoms with Crippen molar-refractivity contribution in [1.82, 2.24) is 10.9 Å². The number of amides is 2. The number of ether oxygens (including phenoxy) is 1. The first kappa shape index (κ1) is 14.8. The van der Waals surface area contributed by atoms with Crippen molar-refractivity contribution in [3.63, 3.8) is 0 Å². The largest absolute Gasteiger partial charge is 0.497 e. The maximum atomic E-state index is 11.8. The lowest BCUT2D eigenvalue weighted by Gasteiger charge is -2.06. The zero-order chi connectivity index (χ0) is 15.1. The van der Waals surface area contributed by atoms with Gasteiger partial charge in [-0.3, -0.25) is 20.4 Å². The highest BCUT2D eigenvalue weighted by molar-refractivity contribution is 7.10. The monoisotopic (exact) mass is 302 g/mol. The second-order valence-corrected chi connectivity index (χ2v) is 5.00. The normalized spacial score (nSPS) is 10.3. The molecule has 6 heteroatoms. The first-order chi connectivity index (χ1) is 10.2. The number of hydrazine groups is 1. The van der Waals surface area contributed by atoms with Crippen LogP contribution in [0.5, 0.6) is 5.75 Å². The van der Waals surface area contributed by atoms with Crippen molar-refractivity contribution in [2.45, 2.75) is 0 Å². The molecule has 2 aromatic rings. The minimum absolute atomic E-state index is 0.393. The van der Waals surface area contributed by atoms with E-state index in [0.29, 0.717) is 11.3 Å². The highest BCUT2D eigenvalue weighted by Crippen LogP contribution is 2.11. The van der Waals surface area contributed by atoms with Crippen LogP contribution in [0.4, 0.5) is 0 Å². The van der Waals surface area contributed by atoms with Gasteiger partial charge in [0.2, 0.25) is 0 Å². The van der Waals surface area contributed by atoms with Crippen LogP contribution in [-0.4, -0.2) is 18.9 Å². The van der Waals surface area contributed by atoms with Gasteiger partial charge in [0, 0.05) is 16.5 Å². The van der Waals surface area contributed by atoms with Crippen LogP contribution >= 0.6 is 11.3 Å². The Morgan fingerprint density at radius 1 is 1.14 bits per heavy atom. The fourth-order valence-corrected chi connectivity index (χ4v) is 2.14. The number of thiophene rings is 1. The van der Waals surface area contributed by atoms with Crippen molar-refractivity contribution in [3.8, 4) is 5.75 Å². The minimum Gasteiger partial charge on any atom is -0.497 e. The van der Waals surface area contributed by atoms with Gasteiger partial charge < -0.3 is 4.74 Å². The molecule has 0 fully saturated rings. The number of benzene rings is 1. The average molecular weight is 302 g/mol. The van der Waals surface area contributed by atoms with E-state index in [-0.39, 0.29) is 0 Å². The average Bonchev–Trinajstić information content (AvgIpc) is 3.04. The van der Waals surface area contributed by atoms with Gasteiger partial charge in [0.05, 0.1) is 7.11 Å². The van der Waals surface area contributed by atoms with Crippen LogP contribution in [0.1, 0.15) is 15.2 Å². The molecule has 5 nitrogen and oxygen atoms in total. The number of hydrogen-bond donors (Lipinski definition) is 2. The Labute approximate surface area is 126 Å². The van der Waals surface area contributed by atoms with Gasteiger partial charge in [-0.2, -0.15) is 0 Å². The van der Waals surface area contributed by atoms with E-state index in [1.807, 2.05) is 17.5 Å². The molecule has 108 valence electrons. The summed E-state index contributed by atoms with van der Waals surface area (Å²) in [7, 11) is 1.55. The van der Waals surface area contributed by atoms with E-state index in [9.17, 15) is 9.59 Å². The van der Waals surface area contributed by atoms with Crippen molar-refractivity contribution < 1.29 is 14.3 Å². The van der Waals surface area contributed by atoms with E-state index in [1.54, 1.807) is 37.5 Å². The van der Waals surface area contributed by atoms with Crippen LogP contribution in [0.2, 0.25) is 0 Å². The Balaban J connectivity index is 1.84. The van der Waals surface area contributed by atoms with E-state index in [1.165, 1.54) is 17.4 Å². The van der Waals surface area contributed by atoms with E-state index in [2.05, 4.69) is 10.9 Å². The molecular weight excluding hydrogens is 288 g/mol. The third-order valence-corrected chi connectivity index (χ3v) is 3.43. The van der Waals surface area contributed by atoms with E-state index in [4.69, 9.17) is 4.74 Å². The summed E-state index contributed by atoms with van der Waals surface area (Å²) in [5, 5.41) is 1.92. The molecule has 1 heterocycles. The van der Waals surface area contributed by atoms with Gasteiger partial charge in [-0.05, 0) is 41.8 Å². The highest BCUT2D eigenvalue weighted by atomic mass is 32.1. The van der Waals surface area contributed by atoms with Gasteiger partial charge in [0.1, 0.15) is 5.75 Å². The molecule has 21 heavy (non-hydrogen) atoms. The quantitative estimate of drug-likeness (QED) is 0.672. The molecule has 0 aliphatic heterocycles. The molecule has 0 atom stereocenters. The topological polar surface area (TPSA) is 67.4 Å². The first-order valence-corrected chi connectivity index (χ1v) is 7.03. The molecule has 0 saturated carbocycles. The predicted molar refractivity (Wildman–Crippen MR) is 82.0 cm³/mol. The molecule has 0 saturated heterocycles. The second kappa shape index (κ2) is 7.25. The molecule has 0 spiro atoms. The molecule has 0 aliphatic carbocycles. The van der Waals surface area contributed by atoms with Crippen LogP contribution in [0.25, 0.3) is 6.08 Å².